The highest BCUT2D eigenvalue weighted by Crippen LogP contribution is 2.40. The molecule has 0 atom stereocenters. The number of ketones is 1. The number of hydrogen-bond acceptors (Lipinski definition) is 5. The highest BCUT2D eigenvalue weighted by molar-refractivity contribution is 7.19. The maximum Gasteiger partial charge on any atom is 0.253 e. The van der Waals surface area contributed by atoms with Crippen molar-refractivity contribution in [2.24, 2.45) is 11.7 Å². The second-order valence-electron chi connectivity index (χ2n) is 5.81. The maximum absolute atomic E-state index is 12.3. The van der Waals surface area contributed by atoms with Crippen molar-refractivity contribution >= 4 is 33.7 Å². The number of primary amides is 1. The zero-order valence-corrected chi connectivity index (χ0v) is 13.5. The third-order valence-corrected chi connectivity index (χ3v) is 5.10. The van der Waals surface area contributed by atoms with E-state index < -0.39 is 5.91 Å². The maximum atomic E-state index is 12.3. The molecule has 1 fully saturated rings. The summed E-state index contributed by atoms with van der Waals surface area (Å²) in [5.74, 6) is -0.726. The van der Waals surface area contributed by atoms with Crippen molar-refractivity contribution in [2.75, 3.05) is 23.7 Å². The summed E-state index contributed by atoms with van der Waals surface area (Å²) in [6.07, 6.45) is 4.56. The average molecular weight is 309 g/mol. The van der Waals surface area contributed by atoms with Gasteiger partial charge in [-0.3, -0.25) is 9.59 Å². The number of nitrogen functional groups attached to an aromatic ring is 1. The number of Topliss-reactive ketones (excluding diaryl/α,β-unsaturated/α-hetero) is 1. The van der Waals surface area contributed by atoms with Crippen LogP contribution in [0.3, 0.4) is 0 Å². The van der Waals surface area contributed by atoms with E-state index in [9.17, 15) is 9.59 Å². The number of anilines is 2. The zero-order valence-electron chi connectivity index (χ0n) is 12.6. The molecule has 1 aliphatic rings. The fourth-order valence-electron chi connectivity index (χ4n) is 2.61. The SMILES string of the molecule is CC(C)C(=O)c1sc(N2CCCCCC2)c(C(N)=O)c1N. The van der Waals surface area contributed by atoms with Crippen molar-refractivity contribution in [2.45, 2.75) is 39.5 Å². The van der Waals surface area contributed by atoms with Crippen LogP contribution in [0.25, 0.3) is 0 Å². The minimum Gasteiger partial charge on any atom is -0.397 e. The van der Waals surface area contributed by atoms with Gasteiger partial charge in [0, 0.05) is 19.0 Å². The lowest BCUT2D eigenvalue weighted by Gasteiger charge is -2.21. The Hall–Kier alpha value is -1.56. The first-order valence-electron chi connectivity index (χ1n) is 7.44. The first-order valence-corrected chi connectivity index (χ1v) is 8.26. The van der Waals surface area contributed by atoms with E-state index in [1.54, 1.807) is 0 Å². The Balaban J connectivity index is 2.46. The van der Waals surface area contributed by atoms with E-state index >= 15 is 0 Å². The molecule has 5 nitrogen and oxygen atoms in total. The summed E-state index contributed by atoms with van der Waals surface area (Å²) in [6.45, 7) is 5.43. The van der Waals surface area contributed by atoms with Gasteiger partial charge in [0.25, 0.3) is 5.91 Å². The van der Waals surface area contributed by atoms with Crippen LogP contribution in [0.1, 0.15) is 59.6 Å². The Bertz CT molecular complexity index is 543. The Morgan fingerprint density at radius 3 is 2.19 bits per heavy atom. The van der Waals surface area contributed by atoms with E-state index in [0.717, 1.165) is 30.9 Å². The topological polar surface area (TPSA) is 89.4 Å². The molecule has 2 heterocycles. The predicted molar refractivity (Wildman–Crippen MR) is 87.1 cm³/mol. The van der Waals surface area contributed by atoms with Gasteiger partial charge in [-0.1, -0.05) is 26.7 Å². The molecule has 21 heavy (non-hydrogen) atoms. The number of amides is 1. The Kier molecular flexibility index (Phi) is 4.88. The molecule has 4 N–H and O–H groups in total. The fourth-order valence-corrected chi connectivity index (χ4v) is 3.98. The minimum atomic E-state index is -0.550. The first kappa shape index (κ1) is 15.8. The van der Waals surface area contributed by atoms with E-state index in [1.807, 2.05) is 13.8 Å². The van der Waals surface area contributed by atoms with Crippen LogP contribution in [0.15, 0.2) is 0 Å². The van der Waals surface area contributed by atoms with Gasteiger partial charge in [-0.15, -0.1) is 11.3 Å². The second-order valence-corrected chi connectivity index (χ2v) is 6.81. The summed E-state index contributed by atoms with van der Waals surface area (Å²) in [5.41, 5.74) is 12.1. The van der Waals surface area contributed by atoms with E-state index in [2.05, 4.69) is 4.90 Å². The average Bonchev–Trinajstić information content (AvgIpc) is 2.62. The summed E-state index contributed by atoms with van der Waals surface area (Å²) in [7, 11) is 0. The molecule has 0 bridgehead atoms. The monoisotopic (exact) mass is 309 g/mol. The molecule has 1 aromatic rings. The summed E-state index contributed by atoms with van der Waals surface area (Å²) >= 11 is 1.32. The molecule has 0 spiro atoms. The molecule has 1 aliphatic heterocycles. The van der Waals surface area contributed by atoms with Crippen LogP contribution in [-0.2, 0) is 0 Å². The van der Waals surface area contributed by atoms with Gasteiger partial charge in [0.1, 0.15) is 5.00 Å². The molecule has 0 aliphatic carbocycles. The van der Waals surface area contributed by atoms with Crippen LogP contribution in [0.2, 0.25) is 0 Å². The third-order valence-electron chi connectivity index (χ3n) is 3.81. The van der Waals surface area contributed by atoms with Gasteiger partial charge >= 0.3 is 0 Å². The molecule has 2 rings (SSSR count). The molecule has 0 radical (unpaired) electrons. The number of rotatable bonds is 4. The van der Waals surface area contributed by atoms with Gasteiger partial charge in [-0.25, -0.2) is 0 Å². The molecule has 1 amide bonds. The molecular formula is C15H23N3O2S. The lowest BCUT2D eigenvalue weighted by molar-refractivity contribution is 0.0944. The molecular weight excluding hydrogens is 286 g/mol. The first-order chi connectivity index (χ1) is 9.93. The smallest absolute Gasteiger partial charge is 0.253 e. The van der Waals surface area contributed by atoms with E-state index in [-0.39, 0.29) is 17.4 Å². The van der Waals surface area contributed by atoms with Crippen LogP contribution in [-0.4, -0.2) is 24.8 Å². The van der Waals surface area contributed by atoms with Crippen molar-refractivity contribution < 1.29 is 9.59 Å². The number of carbonyl (C=O) groups excluding carboxylic acids is 2. The van der Waals surface area contributed by atoms with Crippen molar-refractivity contribution in [1.29, 1.82) is 0 Å². The molecule has 6 heteroatoms. The van der Waals surface area contributed by atoms with Gasteiger partial charge < -0.3 is 16.4 Å². The van der Waals surface area contributed by atoms with Crippen LogP contribution in [0.5, 0.6) is 0 Å². The van der Waals surface area contributed by atoms with Gasteiger partial charge in [-0.2, -0.15) is 0 Å². The molecule has 1 saturated heterocycles. The molecule has 0 aromatic carbocycles. The van der Waals surface area contributed by atoms with Gasteiger partial charge in [-0.05, 0) is 12.8 Å². The number of nitrogens with two attached hydrogens (primary N) is 2. The van der Waals surface area contributed by atoms with E-state index in [1.165, 1.54) is 24.2 Å². The quantitative estimate of drug-likeness (QED) is 0.837. The highest BCUT2D eigenvalue weighted by atomic mass is 32.1. The van der Waals surface area contributed by atoms with Crippen molar-refractivity contribution in [3.63, 3.8) is 0 Å². The standard InChI is InChI=1S/C15H23N3O2S/c1-9(2)12(19)13-11(16)10(14(17)20)15(21-13)18-7-5-3-4-6-8-18/h9H,3-8,16H2,1-2H3,(H2,17,20). The number of thiophene rings is 1. The van der Waals surface area contributed by atoms with Gasteiger partial charge in [0.15, 0.2) is 5.78 Å². The van der Waals surface area contributed by atoms with Crippen LogP contribution in [0.4, 0.5) is 10.7 Å². The fraction of sp³-hybridized carbons (Fsp3) is 0.600. The van der Waals surface area contributed by atoms with Crippen LogP contribution >= 0.6 is 11.3 Å². The van der Waals surface area contributed by atoms with Crippen LogP contribution < -0.4 is 16.4 Å². The van der Waals surface area contributed by atoms with Gasteiger partial charge in [0.05, 0.1) is 16.1 Å². The van der Waals surface area contributed by atoms with E-state index in [4.69, 9.17) is 11.5 Å². The Labute approximate surface area is 129 Å². The van der Waals surface area contributed by atoms with Crippen LogP contribution in [0, 0.1) is 5.92 Å². The molecule has 116 valence electrons. The summed E-state index contributed by atoms with van der Waals surface area (Å²) in [4.78, 5) is 26.7. The second kappa shape index (κ2) is 6.47. The number of nitrogens with zero attached hydrogens (tertiary/aromatic N) is 1. The van der Waals surface area contributed by atoms with E-state index in [0.29, 0.717) is 10.4 Å². The summed E-state index contributed by atoms with van der Waals surface area (Å²) in [6, 6.07) is 0. The number of hydrogen-bond donors (Lipinski definition) is 2. The summed E-state index contributed by atoms with van der Waals surface area (Å²) in [5, 5.41) is 0.769. The largest absolute Gasteiger partial charge is 0.397 e. The molecule has 0 unspecified atom stereocenters. The predicted octanol–water partition coefficient (Wildman–Crippen LogP) is 2.65. The zero-order chi connectivity index (χ0) is 15.6. The molecule has 1 aromatic heterocycles. The molecule has 0 saturated carbocycles. The Morgan fingerprint density at radius 1 is 1.14 bits per heavy atom. The highest BCUT2D eigenvalue weighted by Gasteiger charge is 2.28. The normalized spacial score (nSPS) is 16.0. The van der Waals surface area contributed by atoms with Crippen molar-refractivity contribution in [1.82, 2.24) is 0 Å². The van der Waals surface area contributed by atoms with Gasteiger partial charge in [0.2, 0.25) is 0 Å². The Morgan fingerprint density at radius 2 is 1.71 bits per heavy atom. The lowest BCUT2D eigenvalue weighted by Crippen LogP contribution is -2.26. The van der Waals surface area contributed by atoms with Crippen molar-refractivity contribution in [3.8, 4) is 0 Å². The third kappa shape index (κ3) is 3.20. The number of carbonyl (C=O) groups is 2. The summed E-state index contributed by atoms with van der Waals surface area (Å²) < 4.78 is 0. The van der Waals surface area contributed by atoms with Crippen molar-refractivity contribution in [3.05, 3.63) is 10.4 Å². The lowest BCUT2D eigenvalue weighted by atomic mass is 10.1. The minimum absolute atomic E-state index is 0.0268.